The van der Waals surface area contributed by atoms with E-state index < -0.39 is 0 Å². The summed E-state index contributed by atoms with van der Waals surface area (Å²) in [7, 11) is 0. The summed E-state index contributed by atoms with van der Waals surface area (Å²) >= 11 is 6.26. The molecule has 0 aromatic heterocycles. The molecule has 1 atom stereocenters. The Morgan fingerprint density at radius 1 is 1.11 bits per heavy atom. The van der Waals surface area contributed by atoms with Gasteiger partial charge in [-0.2, -0.15) is 0 Å². The molecule has 0 aliphatic carbocycles. The first-order valence-corrected chi connectivity index (χ1v) is 6.82. The number of rotatable bonds is 5. The van der Waals surface area contributed by atoms with Gasteiger partial charge in [0.15, 0.2) is 0 Å². The van der Waals surface area contributed by atoms with Crippen LogP contribution in [0.25, 0.3) is 0 Å². The van der Waals surface area contributed by atoms with Crippen LogP contribution in [0.15, 0.2) is 48.5 Å². The largest absolute Gasteiger partial charge is 0.271 e. The molecule has 1 unspecified atom stereocenters. The Labute approximate surface area is 119 Å². The van der Waals surface area contributed by atoms with Gasteiger partial charge in [-0.05, 0) is 42.5 Å². The summed E-state index contributed by atoms with van der Waals surface area (Å²) in [5, 5.41) is 0.813. The van der Waals surface area contributed by atoms with Gasteiger partial charge in [-0.15, -0.1) is 0 Å². The van der Waals surface area contributed by atoms with Crippen molar-refractivity contribution in [3.05, 3.63) is 70.2 Å². The van der Waals surface area contributed by atoms with Crippen molar-refractivity contribution in [2.75, 3.05) is 0 Å². The minimum atomic E-state index is 0.183. The first-order valence-electron chi connectivity index (χ1n) is 6.44. The molecule has 0 spiro atoms. The highest BCUT2D eigenvalue weighted by molar-refractivity contribution is 6.31. The lowest BCUT2D eigenvalue weighted by molar-refractivity contribution is 0.522. The summed E-state index contributed by atoms with van der Waals surface area (Å²) in [5.41, 5.74) is 6.46. The Kier molecular flexibility index (Phi) is 4.97. The van der Waals surface area contributed by atoms with Crippen molar-refractivity contribution in [2.24, 2.45) is 5.84 Å². The van der Waals surface area contributed by atoms with E-state index in [-0.39, 0.29) is 6.04 Å². The first-order chi connectivity index (χ1) is 9.19. The zero-order valence-corrected chi connectivity index (χ0v) is 11.8. The van der Waals surface area contributed by atoms with Crippen molar-refractivity contribution in [2.45, 2.75) is 25.8 Å². The molecule has 0 radical (unpaired) electrons. The molecule has 0 heterocycles. The highest BCUT2D eigenvalue weighted by Gasteiger charge is 2.11. The quantitative estimate of drug-likeness (QED) is 0.649. The average Bonchev–Trinajstić information content (AvgIpc) is 2.42. The van der Waals surface area contributed by atoms with Gasteiger partial charge < -0.3 is 0 Å². The maximum Gasteiger partial charge on any atom is 0.0441 e. The molecule has 0 bridgehead atoms. The Bertz CT molecular complexity index is 526. The highest BCUT2D eigenvalue weighted by atomic mass is 35.5. The summed E-state index contributed by atoms with van der Waals surface area (Å²) in [5.74, 6) is 5.66. The summed E-state index contributed by atoms with van der Waals surface area (Å²) < 4.78 is 0. The molecule has 0 saturated heterocycles. The molecule has 100 valence electrons. The van der Waals surface area contributed by atoms with Crippen LogP contribution < -0.4 is 11.3 Å². The van der Waals surface area contributed by atoms with Crippen LogP contribution in [0.5, 0.6) is 0 Å². The van der Waals surface area contributed by atoms with Gasteiger partial charge in [0.25, 0.3) is 0 Å². The lowest BCUT2D eigenvalue weighted by Crippen LogP contribution is -2.38. The third-order valence-corrected chi connectivity index (χ3v) is 3.59. The molecule has 0 saturated carbocycles. The molecule has 0 amide bonds. The predicted molar refractivity (Wildman–Crippen MR) is 81.2 cm³/mol. The second kappa shape index (κ2) is 6.71. The molecule has 2 aromatic carbocycles. The van der Waals surface area contributed by atoms with Crippen molar-refractivity contribution >= 4 is 11.6 Å². The molecule has 0 fully saturated rings. The lowest BCUT2D eigenvalue weighted by atomic mass is 9.99. The number of halogens is 1. The summed E-state index contributed by atoms with van der Waals surface area (Å²) in [6.45, 7) is 2.04. The van der Waals surface area contributed by atoms with Crippen LogP contribution in [0.3, 0.4) is 0 Å². The number of hydrogen-bond donors (Lipinski definition) is 2. The topological polar surface area (TPSA) is 38.0 Å². The van der Waals surface area contributed by atoms with Crippen molar-refractivity contribution in [3.63, 3.8) is 0 Å². The Balaban J connectivity index is 2.06. The molecule has 2 aromatic rings. The smallest absolute Gasteiger partial charge is 0.0441 e. The van der Waals surface area contributed by atoms with E-state index in [2.05, 4.69) is 29.7 Å². The Morgan fingerprint density at radius 3 is 2.47 bits per heavy atom. The van der Waals surface area contributed by atoms with Crippen molar-refractivity contribution in [1.29, 1.82) is 0 Å². The summed E-state index contributed by atoms with van der Waals surface area (Å²) in [4.78, 5) is 0. The van der Waals surface area contributed by atoms with E-state index in [1.807, 2.05) is 31.2 Å². The standard InChI is InChI=1S/C16H19ClN2/c1-12-7-8-14(16(17)9-12)11-15(19-18)10-13-5-3-2-4-6-13/h2-9,15,19H,10-11,18H2,1H3. The monoisotopic (exact) mass is 274 g/mol. The molecule has 0 aliphatic heterocycles. The fourth-order valence-corrected chi connectivity index (χ4v) is 2.48. The lowest BCUT2D eigenvalue weighted by Gasteiger charge is -2.17. The summed E-state index contributed by atoms with van der Waals surface area (Å²) in [6.07, 6.45) is 1.71. The zero-order chi connectivity index (χ0) is 13.7. The predicted octanol–water partition coefficient (Wildman–Crippen LogP) is 3.27. The van der Waals surface area contributed by atoms with E-state index in [1.54, 1.807) is 0 Å². The van der Waals surface area contributed by atoms with Crippen molar-refractivity contribution < 1.29 is 0 Å². The maximum absolute atomic E-state index is 6.26. The van der Waals surface area contributed by atoms with E-state index in [4.69, 9.17) is 17.4 Å². The van der Waals surface area contributed by atoms with Gasteiger partial charge >= 0.3 is 0 Å². The molecule has 2 rings (SSSR count). The number of hydrazine groups is 1. The third-order valence-electron chi connectivity index (χ3n) is 3.24. The normalized spacial score (nSPS) is 12.4. The Hall–Kier alpha value is -1.35. The van der Waals surface area contributed by atoms with Crippen LogP contribution in [-0.2, 0) is 12.8 Å². The van der Waals surface area contributed by atoms with Crippen LogP contribution in [0.1, 0.15) is 16.7 Å². The van der Waals surface area contributed by atoms with Crippen LogP contribution in [0.4, 0.5) is 0 Å². The van der Waals surface area contributed by atoms with Gasteiger partial charge in [-0.3, -0.25) is 11.3 Å². The number of hydrogen-bond acceptors (Lipinski definition) is 2. The molecular formula is C16H19ClN2. The molecule has 0 aliphatic rings. The van der Waals surface area contributed by atoms with Gasteiger partial charge in [0.1, 0.15) is 0 Å². The number of benzene rings is 2. The van der Waals surface area contributed by atoms with E-state index in [0.717, 1.165) is 23.4 Å². The molecule has 3 N–H and O–H groups in total. The fourth-order valence-electron chi connectivity index (χ4n) is 2.17. The molecule has 2 nitrogen and oxygen atoms in total. The summed E-state index contributed by atoms with van der Waals surface area (Å²) in [6, 6.07) is 16.7. The highest BCUT2D eigenvalue weighted by Crippen LogP contribution is 2.20. The minimum Gasteiger partial charge on any atom is -0.271 e. The minimum absolute atomic E-state index is 0.183. The number of nitrogens with two attached hydrogens (primary N) is 1. The van der Waals surface area contributed by atoms with Crippen molar-refractivity contribution in [3.8, 4) is 0 Å². The third kappa shape index (κ3) is 4.06. The van der Waals surface area contributed by atoms with Gasteiger partial charge in [-0.1, -0.05) is 54.1 Å². The van der Waals surface area contributed by atoms with E-state index in [9.17, 15) is 0 Å². The van der Waals surface area contributed by atoms with E-state index in [0.29, 0.717) is 0 Å². The number of aryl methyl sites for hydroxylation is 1. The van der Waals surface area contributed by atoms with Crippen LogP contribution >= 0.6 is 11.6 Å². The zero-order valence-electron chi connectivity index (χ0n) is 11.1. The molecular weight excluding hydrogens is 256 g/mol. The van der Waals surface area contributed by atoms with Crippen molar-refractivity contribution in [1.82, 2.24) is 5.43 Å². The van der Waals surface area contributed by atoms with Gasteiger partial charge in [0.2, 0.25) is 0 Å². The maximum atomic E-state index is 6.26. The van der Waals surface area contributed by atoms with Crippen LogP contribution in [0.2, 0.25) is 5.02 Å². The average molecular weight is 275 g/mol. The van der Waals surface area contributed by atoms with Gasteiger partial charge in [0, 0.05) is 11.1 Å². The molecule has 19 heavy (non-hydrogen) atoms. The second-order valence-corrected chi connectivity index (χ2v) is 5.26. The van der Waals surface area contributed by atoms with Crippen LogP contribution in [-0.4, -0.2) is 6.04 Å². The van der Waals surface area contributed by atoms with Gasteiger partial charge in [-0.25, -0.2) is 0 Å². The van der Waals surface area contributed by atoms with Gasteiger partial charge in [0.05, 0.1) is 0 Å². The second-order valence-electron chi connectivity index (χ2n) is 4.85. The SMILES string of the molecule is Cc1ccc(CC(Cc2ccccc2)NN)c(Cl)c1. The van der Waals surface area contributed by atoms with E-state index in [1.165, 1.54) is 11.1 Å². The van der Waals surface area contributed by atoms with Crippen LogP contribution in [0, 0.1) is 6.92 Å². The Morgan fingerprint density at radius 2 is 1.84 bits per heavy atom. The van der Waals surface area contributed by atoms with E-state index >= 15 is 0 Å². The molecule has 3 heteroatoms. The first kappa shape index (κ1) is 14.1. The number of nitrogens with one attached hydrogen (secondary N) is 1. The fraction of sp³-hybridized carbons (Fsp3) is 0.250.